The predicted octanol–water partition coefficient (Wildman–Crippen LogP) is 2.35. The third kappa shape index (κ3) is 2.05. The summed E-state index contributed by atoms with van der Waals surface area (Å²) in [6.07, 6.45) is 2.02. The lowest BCUT2D eigenvalue weighted by Crippen LogP contribution is -1.93. The first-order chi connectivity index (χ1) is 7.29. The Hall–Kier alpha value is -2.08. The van der Waals surface area contributed by atoms with Gasteiger partial charge in [-0.15, -0.1) is 0 Å². The molecule has 0 amide bonds. The number of benzene rings is 1. The number of oxime groups is 1. The van der Waals surface area contributed by atoms with Gasteiger partial charge in [0, 0.05) is 5.57 Å². The molecule has 0 radical (unpaired) electrons. The largest absolute Gasteiger partial charge is 0.391 e. The van der Waals surface area contributed by atoms with E-state index < -0.39 is 0 Å². The number of hydrogen-bond donors (Lipinski definition) is 0. The molecule has 1 aromatic rings. The van der Waals surface area contributed by atoms with Gasteiger partial charge in [0.2, 0.25) is 0 Å². The first-order valence-electron chi connectivity index (χ1n) is 4.67. The highest BCUT2D eigenvalue weighted by Gasteiger charge is 2.09. The van der Waals surface area contributed by atoms with Gasteiger partial charge in [0.25, 0.3) is 0 Å². The van der Waals surface area contributed by atoms with Gasteiger partial charge < -0.3 is 4.84 Å². The van der Waals surface area contributed by atoms with E-state index in [-0.39, 0.29) is 0 Å². The number of nitrogens with zero attached hydrogens (tertiary/aromatic N) is 2. The van der Waals surface area contributed by atoms with Crippen molar-refractivity contribution in [1.82, 2.24) is 0 Å². The second-order valence-corrected chi connectivity index (χ2v) is 3.35. The minimum Gasteiger partial charge on any atom is -0.391 e. The van der Waals surface area contributed by atoms with Crippen LogP contribution in [0.3, 0.4) is 0 Å². The van der Waals surface area contributed by atoms with E-state index in [1.165, 1.54) is 0 Å². The van der Waals surface area contributed by atoms with Gasteiger partial charge in [0.05, 0.1) is 17.3 Å². The fraction of sp³-hybridized carbons (Fsp3) is 0.167. The quantitative estimate of drug-likeness (QED) is 0.695. The van der Waals surface area contributed by atoms with E-state index in [1.54, 1.807) is 12.1 Å². The normalized spacial score (nSPS) is 17.1. The van der Waals surface area contributed by atoms with Crippen molar-refractivity contribution in [2.45, 2.75) is 6.92 Å². The summed E-state index contributed by atoms with van der Waals surface area (Å²) in [4.78, 5) is 4.95. The van der Waals surface area contributed by atoms with E-state index in [0.29, 0.717) is 12.2 Å². The average molecular weight is 198 g/mol. The molecule has 0 saturated carbocycles. The fourth-order valence-electron chi connectivity index (χ4n) is 1.36. The number of rotatable bonds is 1. The third-order valence-corrected chi connectivity index (χ3v) is 2.27. The Bertz CT molecular complexity index is 463. The van der Waals surface area contributed by atoms with E-state index in [0.717, 1.165) is 16.8 Å². The van der Waals surface area contributed by atoms with Gasteiger partial charge in [0.1, 0.15) is 6.61 Å². The van der Waals surface area contributed by atoms with Gasteiger partial charge >= 0.3 is 0 Å². The Morgan fingerprint density at radius 3 is 2.67 bits per heavy atom. The van der Waals surface area contributed by atoms with Gasteiger partial charge in [-0.2, -0.15) is 5.26 Å². The van der Waals surface area contributed by atoms with Crippen LogP contribution in [0.5, 0.6) is 0 Å². The van der Waals surface area contributed by atoms with Crippen molar-refractivity contribution in [1.29, 1.82) is 5.26 Å². The molecule has 1 aliphatic heterocycles. The Morgan fingerprint density at radius 1 is 1.40 bits per heavy atom. The first kappa shape index (κ1) is 9.47. The van der Waals surface area contributed by atoms with Crippen LogP contribution in [0.2, 0.25) is 0 Å². The highest BCUT2D eigenvalue weighted by molar-refractivity contribution is 6.02. The zero-order chi connectivity index (χ0) is 10.7. The van der Waals surface area contributed by atoms with Crippen molar-refractivity contribution in [3.63, 3.8) is 0 Å². The standard InChI is InChI=1S/C12H10N2O/c1-9-12(8-15-14-9)6-10-2-4-11(7-13)5-3-10/h2-6H,8H2,1H3/b12-6+. The summed E-state index contributed by atoms with van der Waals surface area (Å²) in [5.41, 5.74) is 3.73. The van der Waals surface area contributed by atoms with E-state index in [1.807, 2.05) is 25.1 Å². The van der Waals surface area contributed by atoms with E-state index in [4.69, 9.17) is 10.1 Å². The summed E-state index contributed by atoms with van der Waals surface area (Å²) in [5, 5.41) is 12.5. The fourth-order valence-corrected chi connectivity index (χ4v) is 1.36. The Morgan fingerprint density at radius 2 is 2.13 bits per heavy atom. The highest BCUT2D eigenvalue weighted by atomic mass is 16.6. The van der Waals surface area contributed by atoms with Gasteiger partial charge in [-0.3, -0.25) is 0 Å². The van der Waals surface area contributed by atoms with Crippen LogP contribution in [0.4, 0.5) is 0 Å². The van der Waals surface area contributed by atoms with E-state index in [2.05, 4.69) is 11.2 Å². The van der Waals surface area contributed by atoms with Crippen molar-refractivity contribution in [2.75, 3.05) is 6.61 Å². The second kappa shape index (κ2) is 3.97. The average Bonchev–Trinajstić information content (AvgIpc) is 2.66. The molecule has 0 fully saturated rings. The molecule has 0 unspecified atom stereocenters. The van der Waals surface area contributed by atoms with Crippen molar-refractivity contribution in [2.24, 2.45) is 5.16 Å². The van der Waals surface area contributed by atoms with Crippen LogP contribution in [0.25, 0.3) is 6.08 Å². The molecule has 3 heteroatoms. The Labute approximate surface area is 88.3 Å². The van der Waals surface area contributed by atoms with Crippen molar-refractivity contribution < 1.29 is 4.84 Å². The highest BCUT2D eigenvalue weighted by Crippen LogP contribution is 2.14. The van der Waals surface area contributed by atoms with Crippen LogP contribution < -0.4 is 0 Å². The van der Waals surface area contributed by atoms with Gasteiger partial charge in [0.15, 0.2) is 0 Å². The van der Waals surface area contributed by atoms with Crippen LogP contribution >= 0.6 is 0 Å². The lowest BCUT2D eigenvalue weighted by atomic mass is 10.1. The van der Waals surface area contributed by atoms with Crippen LogP contribution in [0, 0.1) is 11.3 Å². The zero-order valence-corrected chi connectivity index (χ0v) is 8.40. The molecule has 0 saturated heterocycles. The molecule has 0 atom stereocenters. The molecule has 1 heterocycles. The second-order valence-electron chi connectivity index (χ2n) is 3.35. The van der Waals surface area contributed by atoms with E-state index in [9.17, 15) is 0 Å². The zero-order valence-electron chi connectivity index (χ0n) is 8.40. The smallest absolute Gasteiger partial charge is 0.144 e. The summed E-state index contributed by atoms with van der Waals surface area (Å²) in [7, 11) is 0. The first-order valence-corrected chi connectivity index (χ1v) is 4.67. The maximum atomic E-state index is 8.65. The van der Waals surface area contributed by atoms with Crippen molar-refractivity contribution >= 4 is 11.8 Å². The van der Waals surface area contributed by atoms with Crippen molar-refractivity contribution in [3.05, 3.63) is 41.0 Å². The lowest BCUT2D eigenvalue weighted by Gasteiger charge is -1.96. The maximum Gasteiger partial charge on any atom is 0.144 e. The molecule has 0 spiro atoms. The molecule has 74 valence electrons. The molecular weight excluding hydrogens is 188 g/mol. The van der Waals surface area contributed by atoms with Crippen LogP contribution in [0.1, 0.15) is 18.1 Å². The summed E-state index contributed by atoms with van der Waals surface area (Å²) in [5.74, 6) is 0. The lowest BCUT2D eigenvalue weighted by molar-refractivity contribution is 0.187. The monoisotopic (exact) mass is 198 g/mol. The molecule has 0 aromatic heterocycles. The molecule has 1 aliphatic rings. The molecule has 3 nitrogen and oxygen atoms in total. The summed E-state index contributed by atoms with van der Waals surface area (Å²) >= 11 is 0. The SMILES string of the molecule is CC1=NOC/C1=C\c1ccc(C#N)cc1. The van der Waals surface area contributed by atoms with Crippen LogP contribution in [-0.2, 0) is 4.84 Å². The number of hydrogen-bond acceptors (Lipinski definition) is 3. The number of nitriles is 1. The summed E-state index contributed by atoms with van der Waals surface area (Å²) < 4.78 is 0. The van der Waals surface area contributed by atoms with Gasteiger partial charge in [-0.25, -0.2) is 0 Å². The molecule has 0 bridgehead atoms. The van der Waals surface area contributed by atoms with Gasteiger partial charge in [-0.05, 0) is 30.7 Å². The molecular formula is C12H10N2O. The minimum atomic E-state index is 0.534. The topological polar surface area (TPSA) is 45.4 Å². The summed E-state index contributed by atoms with van der Waals surface area (Å²) in [6.45, 7) is 2.45. The minimum absolute atomic E-state index is 0.534. The van der Waals surface area contributed by atoms with Crippen molar-refractivity contribution in [3.8, 4) is 6.07 Å². The van der Waals surface area contributed by atoms with Crippen LogP contribution in [0.15, 0.2) is 35.0 Å². The van der Waals surface area contributed by atoms with E-state index >= 15 is 0 Å². The predicted molar refractivity (Wildman–Crippen MR) is 58.2 cm³/mol. The molecule has 1 aromatic carbocycles. The molecule has 0 aliphatic carbocycles. The molecule has 2 rings (SSSR count). The third-order valence-electron chi connectivity index (χ3n) is 2.27. The summed E-state index contributed by atoms with van der Waals surface area (Å²) in [6, 6.07) is 9.52. The van der Waals surface area contributed by atoms with Gasteiger partial charge in [-0.1, -0.05) is 17.3 Å². The van der Waals surface area contributed by atoms with Crippen LogP contribution in [-0.4, -0.2) is 12.3 Å². The Kier molecular flexibility index (Phi) is 2.51. The Balaban J connectivity index is 2.25. The maximum absolute atomic E-state index is 8.65. The molecule has 0 N–H and O–H groups in total. The molecule has 15 heavy (non-hydrogen) atoms.